The second-order valence-electron chi connectivity index (χ2n) is 6.23. The van der Waals surface area contributed by atoms with Crippen molar-refractivity contribution in [3.8, 4) is 0 Å². The Hall–Kier alpha value is -0.570. The van der Waals surface area contributed by atoms with Gasteiger partial charge in [0.05, 0.1) is 24.2 Å². The Kier molecular flexibility index (Phi) is 1.65. The monoisotopic (exact) mass is 209 g/mol. The third-order valence-corrected chi connectivity index (χ3v) is 4.22. The predicted octanol–water partition coefficient (Wildman–Crippen LogP) is 1.56. The lowest BCUT2D eigenvalue weighted by molar-refractivity contribution is -0.135. The van der Waals surface area contributed by atoms with Crippen LogP contribution in [-0.4, -0.2) is 34.6 Å². The van der Waals surface area contributed by atoms with E-state index in [2.05, 4.69) is 20.8 Å². The molecule has 0 aromatic heterocycles. The van der Waals surface area contributed by atoms with Crippen LogP contribution in [0.15, 0.2) is 0 Å². The molecule has 3 aliphatic rings. The fraction of sp³-hybridized carbons (Fsp3) is 0.917. The summed E-state index contributed by atoms with van der Waals surface area (Å²) in [6, 6.07) is 0. The fourth-order valence-corrected chi connectivity index (χ4v) is 3.41. The molecular weight excluding hydrogens is 190 g/mol. The summed E-state index contributed by atoms with van der Waals surface area (Å²) in [7, 11) is 0. The third kappa shape index (κ3) is 1.13. The molecular formula is C12H19NO2. The molecule has 0 aromatic rings. The van der Waals surface area contributed by atoms with Crippen molar-refractivity contribution in [2.75, 3.05) is 6.54 Å². The van der Waals surface area contributed by atoms with Crippen LogP contribution in [0.25, 0.3) is 0 Å². The van der Waals surface area contributed by atoms with Crippen molar-refractivity contribution in [2.24, 2.45) is 5.92 Å². The number of carbonyl (C=O) groups excluding carboxylic acids is 1. The van der Waals surface area contributed by atoms with Gasteiger partial charge in [-0.25, -0.2) is 0 Å². The summed E-state index contributed by atoms with van der Waals surface area (Å²) in [5, 5.41) is 0. The van der Waals surface area contributed by atoms with Crippen molar-refractivity contribution >= 4 is 5.91 Å². The summed E-state index contributed by atoms with van der Waals surface area (Å²) < 4.78 is 6.02. The average Bonchev–Trinajstić information content (AvgIpc) is 2.74. The smallest absolute Gasteiger partial charge is 0.229 e. The number of amides is 1. The second-order valence-corrected chi connectivity index (χ2v) is 6.23. The summed E-state index contributed by atoms with van der Waals surface area (Å²) in [5.41, 5.74) is -0.160. The molecule has 3 heterocycles. The number of ether oxygens (including phenoxy) is 1. The van der Waals surface area contributed by atoms with Crippen LogP contribution < -0.4 is 0 Å². The van der Waals surface area contributed by atoms with E-state index >= 15 is 0 Å². The predicted molar refractivity (Wildman–Crippen MR) is 56.4 cm³/mol. The van der Waals surface area contributed by atoms with Crippen molar-refractivity contribution in [3.63, 3.8) is 0 Å². The number of hydrogen-bond donors (Lipinski definition) is 0. The molecule has 1 amide bonds. The Bertz CT molecular complexity index is 320. The second kappa shape index (κ2) is 2.57. The summed E-state index contributed by atoms with van der Waals surface area (Å²) in [4.78, 5) is 14.3. The quantitative estimate of drug-likeness (QED) is 0.606. The van der Waals surface area contributed by atoms with Gasteiger partial charge in [-0.2, -0.15) is 0 Å². The minimum atomic E-state index is -0.102. The number of likely N-dealkylation sites (tertiary alicyclic amines) is 1. The molecule has 2 bridgehead atoms. The van der Waals surface area contributed by atoms with Crippen LogP contribution in [0, 0.1) is 5.92 Å². The van der Waals surface area contributed by atoms with E-state index in [1.165, 1.54) is 0 Å². The summed E-state index contributed by atoms with van der Waals surface area (Å²) in [6.07, 6.45) is 3.58. The minimum absolute atomic E-state index is 0.0579. The van der Waals surface area contributed by atoms with Crippen molar-refractivity contribution < 1.29 is 9.53 Å². The lowest BCUT2D eigenvalue weighted by atomic mass is 9.81. The Morgan fingerprint density at radius 2 is 2.20 bits per heavy atom. The van der Waals surface area contributed by atoms with Crippen LogP contribution in [0.3, 0.4) is 0 Å². The molecule has 3 nitrogen and oxygen atoms in total. The molecule has 3 atom stereocenters. The molecule has 15 heavy (non-hydrogen) atoms. The lowest BCUT2D eigenvalue weighted by Gasteiger charge is -2.33. The van der Waals surface area contributed by atoms with Crippen molar-refractivity contribution in [1.29, 1.82) is 0 Å². The first-order chi connectivity index (χ1) is 6.92. The highest BCUT2D eigenvalue weighted by Crippen LogP contribution is 2.53. The Balaban J connectivity index is 1.92. The summed E-state index contributed by atoms with van der Waals surface area (Å²) in [5.74, 6) is 0.486. The normalized spacial score (nSPS) is 43.9. The first-order valence-electron chi connectivity index (χ1n) is 5.92. The number of carbonyl (C=O) groups is 1. The zero-order chi connectivity index (χ0) is 10.8. The molecule has 2 unspecified atom stereocenters. The van der Waals surface area contributed by atoms with Gasteiger partial charge < -0.3 is 9.64 Å². The largest absolute Gasteiger partial charge is 0.369 e. The van der Waals surface area contributed by atoms with Gasteiger partial charge >= 0.3 is 0 Å². The molecule has 0 radical (unpaired) electrons. The highest BCUT2D eigenvalue weighted by atomic mass is 16.5. The number of fused-ring (bicyclic) bond motifs is 1. The number of hydrogen-bond acceptors (Lipinski definition) is 2. The highest BCUT2D eigenvalue weighted by molar-refractivity contribution is 5.84. The molecule has 1 spiro atoms. The van der Waals surface area contributed by atoms with E-state index in [-0.39, 0.29) is 17.1 Å². The number of rotatable bonds is 0. The molecule has 0 aliphatic carbocycles. The van der Waals surface area contributed by atoms with Crippen LogP contribution in [-0.2, 0) is 9.53 Å². The van der Waals surface area contributed by atoms with Crippen LogP contribution in [0.4, 0.5) is 0 Å². The van der Waals surface area contributed by atoms with Crippen molar-refractivity contribution in [3.05, 3.63) is 0 Å². The van der Waals surface area contributed by atoms with E-state index < -0.39 is 0 Å². The Labute approximate surface area is 90.8 Å². The van der Waals surface area contributed by atoms with E-state index in [9.17, 15) is 4.79 Å². The van der Waals surface area contributed by atoms with Gasteiger partial charge in [0.15, 0.2) is 0 Å². The minimum Gasteiger partial charge on any atom is -0.369 e. The third-order valence-electron chi connectivity index (χ3n) is 4.22. The number of nitrogens with zero attached hydrogens (tertiary/aromatic N) is 1. The highest BCUT2D eigenvalue weighted by Gasteiger charge is 2.63. The lowest BCUT2D eigenvalue weighted by Crippen LogP contribution is -2.44. The van der Waals surface area contributed by atoms with Gasteiger partial charge in [0.1, 0.15) is 0 Å². The van der Waals surface area contributed by atoms with E-state index in [1.807, 2.05) is 4.90 Å². The maximum absolute atomic E-state index is 12.3. The molecule has 0 aromatic carbocycles. The van der Waals surface area contributed by atoms with Gasteiger partial charge in [-0.1, -0.05) is 0 Å². The molecule has 84 valence electrons. The standard InChI is InChI=1S/C12H19NO2/c1-11(2,3)13-7-12-5-4-8(15-12)6-9(12)10(13)14/h8-9H,4-7H2,1-3H3/t8?,9-,12?/m1/s1. The average molecular weight is 209 g/mol. The zero-order valence-corrected chi connectivity index (χ0v) is 9.75. The Morgan fingerprint density at radius 3 is 2.73 bits per heavy atom. The van der Waals surface area contributed by atoms with Crippen LogP contribution >= 0.6 is 0 Å². The zero-order valence-electron chi connectivity index (χ0n) is 9.75. The maximum atomic E-state index is 12.3. The van der Waals surface area contributed by atoms with Gasteiger partial charge in [0.2, 0.25) is 5.91 Å². The van der Waals surface area contributed by atoms with Crippen molar-refractivity contribution in [2.45, 2.75) is 57.3 Å². The molecule has 3 saturated heterocycles. The van der Waals surface area contributed by atoms with Crippen LogP contribution in [0.1, 0.15) is 40.0 Å². The maximum Gasteiger partial charge on any atom is 0.229 e. The van der Waals surface area contributed by atoms with Gasteiger partial charge in [-0.15, -0.1) is 0 Å². The summed E-state index contributed by atoms with van der Waals surface area (Å²) >= 11 is 0. The van der Waals surface area contributed by atoms with E-state index in [1.54, 1.807) is 0 Å². The summed E-state index contributed by atoms with van der Waals surface area (Å²) in [6.45, 7) is 7.13. The van der Waals surface area contributed by atoms with E-state index in [4.69, 9.17) is 4.74 Å². The first kappa shape index (κ1) is 9.64. The SMILES string of the molecule is CC(C)(C)N1CC23CCC(C[C@@H]2C1=O)O3. The van der Waals surface area contributed by atoms with Crippen LogP contribution in [0.5, 0.6) is 0 Å². The molecule has 0 N–H and O–H groups in total. The van der Waals surface area contributed by atoms with Crippen LogP contribution in [0.2, 0.25) is 0 Å². The topological polar surface area (TPSA) is 29.5 Å². The van der Waals surface area contributed by atoms with Crippen molar-refractivity contribution in [1.82, 2.24) is 4.90 Å². The molecule has 3 fully saturated rings. The van der Waals surface area contributed by atoms with Gasteiger partial charge in [-0.05, 0) is 40.0 Å². The van der Waals surface area contributed by atoms with Gasteiger partial charge in [0.25, 0.3) is 0 Å². The molecule has 3 heteroatoms. The molecule has 3 rings (SSSR count). The Morgan fingerprint density at radius 1 is 1.47 bits per heavy atom. The van der Waals surface area contributed by atoms with E-state index in [0.717, 1.165) is 25.8 Å². The first-order valence-corrected chi connectivity index (χ1v) is 5.92. The van der Waals surface area contributed by atoms with E-state index in [0.29, 0.717) is 12.0 Å². The van der Waals surface area contributed by atoms with Gasteiger partial charge in [0, 0.05) is 5.54 Å². The molecule has 0 saturated carbocycles. The molecule has 3 aliphatic heterocycles. The van der Waals surface area contributed by atoms with Gasteiger partial charge in [-0.3, -0.25) is 4.79 Å². The fourth-order valence-electron chi connectivity index (χ4n) is 3.41.